The van der Waals surface area contributed by atoms with E-state index in [9.17, 15) is 19.6 Å². The highest BCUT2D eigenvalue weighted by Crippen LogP contribution is 2.49. The lowest BCUT2D eigenvalue weighted by Gasteiger charge is -2.29. The fourth-order valence-electron chi connectivity index (χ4n) is 5.35. The minimum Gasteiger partial charge on any atom is -0.479 e. The highest BCUT2D eigenvalue weighted by molar-refractivity contribution is 14.1. The van der Waals surface area contributed by atoms with Gasteiger partial charge in [0, 0.05) is 28.0 Å². The third-order valence-electron chi connectivity index (χ3n) is 8.08. The highest BCUT2D eigenvalue weighted by atomic mass is 127. The molecule has 0 bridgehead atoms. The number of hydrogen-bond acceptors (Lipinski definition) is 13. The number of esters is 1. The van der Waals surface area contributed by atoms with Gasteiger partial charge in [0.15, 0.2) is 21.2 Å². The lowest BCUT2D eigenvalue weighted by Crippen LogP contribution is -2.45. The molecule has 0 amide bonds. The molecule has 1 saturated heterocycles. The standard InChI is InChI=1S/C29H34IN6O9P/c1-15(25(38)43-17-10-7-11-17)35-46(40,45-19-13-6-9-16-8-4-5-12-18(16)19)42-14-20-22(37)29(2,39)26(44-20)36-23-21(32-27(36)30)24(41-3)34-28(31)33-23/h4-6,8-9,12-13,15,17,20,22,26,37,39H,7,10-11,14H2,1-3H3,(H,35,40)(H2,31,33,34)/t15?,20-,22-,26-,29-,46?/m1/s1. The predicted molar refractivity (Wildman–Crippen MR) is 174 cm³/mol. The molecule has 4 aromatic rings. The molecule has 2 fully saturated rings. The van der Waals surface area contributed by atoms with Gasteiger partial charge in [-0.15, -0.1) is 0 Å². The molecule has 2 aromatic carbocycles. The molecular formula is C29H34IN6O9P. The number of nitrogen functional groups attached to an aromatic ring is 1. The van der Waals surface area contributed by atoms with Crippen molar-refractivity contribution in [3.05, 3.63) is 46.3 Å². The van der Waals surface area contributed by atoms with Gasteiger partial charge in [0.1, 0.15) is 35.7 Å². The molecule has 246 valence electrons. The Labute approximate surface area is 277 Å². The van der Waals surface area contributed by atoms with E-state index in [0.29, 0.717) is 9.22 Å². The van der Waals surface area contributed by atoms with E-state index in [-0.39, 0.29) is 34.8 Å². The van der Waals surface area contributed by atoms with Crippen molar-refractivity contribution in [3.63, 3.8) is 0 Å². The van der Waals surface area contributed by atoms with E-state index >= 15 is 0 Å². The Hall–Kier alpha value is -3.12. The summed E-state index contributed by atoms with van der Waals surface area (Å²) in [7, 11) is -2.94. The Morgan fingerprint density at radius 1 is 1.24 bits per heavy atom. The number of aliphatic hydroxyl groups is 2. The number of rotatable bonds is 11. The van der Waals surface area contributed by atoms with Crippen molar-refractivity contribution in [1.29, 1.82) is 0 Å². The van der Waals surface area contributed by atoms with E-state index in [1.165, 1.54) is 25.5 Å². The molecule has 5 N–H and O–H groups in total. The van der Waals surface area contributed by atoms with Gasteiger partial charge in [-0.25, -0.2) is 9.55 Å². The number of fused-ring (bicyclic) bond motifs is 2. The minimum atomic E-state index is -4.35. The molecule has 6 rings (SSSR count). The van der Waals surface area contributed by atoms with Gasteiger partial charge in [-0.05, 0) is 44.6 Å². The number of aromatic nitrogens is 4. The zero-order valence-electron chi connectivity index (χ0n) is 25.2. The van der Waals surface area contributed by atoms with Crippen molar-refractivity contribution in [2.45, 2.75) is 69.3 Å². The first kappa shape index (κ1) is 32.8. The van der Waals surface area contributed by atoms with Crippen molar-refractivity contribution in [1.82, 2.24) is 24.6 Å². The lowest BCUT2D eigenvalue weighted by atomic mass is 9.96. The van der Waals surface area contributed by atoms with Crippen LogP contribution in [0.25, 0.3) is 21.9 Å². The SMILES string of the molecule is COc1nc(N)nc2c1nc(I)n2[C@@H]1O[C@H](COP(=O)(NC(C)C(=O)OC2CCC2)Oc2cccc3ccccc23)[C@@H](O)[C@@]1(C)O. The summed E-state index contributed by atoms with van der Waals surface area (Å²) in [4.78, 5) is 25.6. The smallest absolute Gasteiger partial charge is 0.459 e. The topological polar surface area (TPSA) is 202 Å². The molecule has 2 aromatic heterocycles. The number of benzene rings is 2. The Balaban J connectivity index is 1.27. The van der Waals surface area contributed by atoms with Crippen LogP contribution in [-0.4, -0.2) is 79.4 Å². The van der Waals surface area contributed by atoms with E-state index < -0.39 is 50.4 Å². The van der Waals surface area contributed by atoms with Gasteiger partial charge < -0.3 is 34.7 Å². The number of aliphatic hydroxyl groups excluding tert-OH is 1. The fourth-order valence-corrected chi connectivity index (χ4v) is 7.60. The number of halogens is 1. The van der Waals surface area contributed by atoms with Crippen molar-refractivity contribution >= 4 is 64.2 Å². The Kier molecular flexibility index (Phi) is 9.14. The number of anilines is 1. The maximum Gasteiger partial charge on any atom is 0.459 e. The number of nitrogens with two attached hydrogens (primary N) is 1. The number of hydrogen-bond donors (Lipinski definition) is 4. The second kappa shape index (κ2) is 12.8. The molecule has 1 aliphatic heterocycles. The molecule has 6 atom stereocenters. The maximum atomic E-state index is 14.4. The van der Waals surface area contributed by atoms with E-state index in [0.717, 1.165) is 24.6 Å². The zero-order chi connectivity index (χ0) is 32.8. The van der Waals surface area contributed by atoms with Crippen LogP contribution in [0.2, 0.25) is 0 Å². The summed E-state index contributed by atoms with van der Waals surface area (Å²) >= 11 is 1.93. The van der Waals surface area contributed by atoms with Crippen LogP contribution >= 0.6 is 30.3 Å². The third kappa shape index (κ3) is 6.26. The second-order valence-corrected chi connectivity index (χ2v) is 14.1. The van der Waals surface area contributed by atoms with Gasteiger partial charge in [-0.1, -0.05) is 36.4 Å². The van der Waals surface area contributed by atoms with Crippen LogP contribution in [0.3, 0.4) is 0 Å². The van der Waals surface area contributed by atoms with Gasteiger partial charge in [0.2, 0.25) is 11.8 Å². The van der Waals surface area contributed by atoms with Gasteiger partial charge in [-0.2, -0.15) is 15.1 Å². The molecule has 46 heavy (non-hydrogen) atoms. The van der Waals surface area contributed by atoms with Gasteiger partial charge in [0.25, 0.3) is 0 Å². The quantitative estimate of drug-likeness (QED) is 0.0748. The van der Waals surface area contributed by atoms with Crippen LogP contribution < -0.4 is 20.1 Å². The van der Waals surface area contributed by atoms with Crippen LogP contribution in [0.5, 0.6) is 11.6 Å². The lowest BCUT2D eigenvalue weighted by molar-refractivity contribution is -0.154. The highest BCUT2D eigenvalue weighted by Gasteiger charge is 2.55. The van der Waals surface area contributed by atoms with Crippen LogP contribution in [-0.2, 0) is 23.4 Å². The number of carbonyl (C=O) groups excluding carboxylic acids is 1. The van der Waals surface area contributed by atoms with Crippen molar-refractivity contribution in [2.75, 3.05) is 19.5 Å². The van der Waals surface area contributed by atoms with Crippen molar-refractivity contribution in [3.8, 4) is 11.6 Å². The van der Waals surface area contributed by atoms with Crippen LogP contribution in [0.4, 0.5) is 5.95 Å². The molecule has 0 radical (unpaired) electrons. The first-order chi connectivity index (χ1) is 21.9. The average molecular weight is 769 g/mol. The Bertz CT molecular complexity index is 1810. The molecule has 15 nitrogen and oxygen atoms in total. The van der Waals surface area contributed by atoms with Gasteiger partial charge >= 0.3 is 13.7 Å². The summed E-state index contributed by atoms with van der Waals surface area (Å²) in [5.41, 5.74) is 4.47. The maximum absolute atomic E-state index is 14.4. The molecule has 17 heteroatoms. The summed E-state index contributed by atoms with van der Waals surface area (Å²) in [5.74, 6) is -0.326. The van der Waals surface area contributed by atoms with E-state index in [4.69, 9.17) is 29.0 Å². The summed E-state index contributed by atoms with van der Waals surface area (Å²) < 4.78 is 44.9. The Morgan fingerprint density at radius 2 is 1.98 bits per heavy atom. The first-order valence-electron chi connectivity index (χ1n) is 14.6. The predicted octanol–water partition coefficient (Wildman–Crippen LogP) is 3.46. The summed E-state index contributed by atoms with van der Waals surface area (Å²) in [6.45, 7) is 2.38. The molecule has 2 unspecified atom stereocenters. The average Bonchev–Trinajstić information content (AvgIpc) is 3.44. The molecule has 1 saturated carbocycles. The number of nitrogens with one attached hydrogen (secondary N) is 1. The van der Waals surface area contributed by atoms with E-state index in [1.54, 1.807) is 18.2 Å². The summed E-state index contributed by atoms with van der Waals surface area (Å²) in [6.07, 6.45) is -1.63. The zero-order valence-corrected chi connectivity index (χ0v) is 28.3. The number of nitrogens with zero attached hydrogens (tertiary/aromatic N) is 4. The minimum absolute atomic E-state index is 0.0949. The van der Waals surface area contributed by atoms with E-state index in [2.05, 4.69) is 20.0 Å². The molecule has 1 aliphatic carbocycles. The largest absolute Gasteiger partial charge is 0.479 e. The van der Waals surface area contributed by atoms with E-state index in [1.807, 2.05) is 46.9 Å². The van der Waals surface area contributed by atoms with Crippen LogP contribution in [0.15, 0.2) is 42.5 Å². The van der Waals surface area contributed by atoms with Crippen LogP contribution in [0, 0.1) is 3.83 Å². The number of ether oxygens (including phenoxy) is 3. The van der Waals surface area contributed by atoms with Crippen molar-refractivity contribution < 1.29 is 42.8 Å². The number of carbonyl (C=O) groups is 1. The summed E-state index contributed by atoms with van der Waals surface area (Å²) in [5, 5.41) is 26.9. The summed E-state index contributed by atoms with van der Waals surface area (Å²) in [6, 6.07) is 11.5. The van der Waals surface area contributed by atoms with Gasteiger partial charge in [0.05, 0.1) is 13.7 Å². The molecule has 3 heterocycles. The monoisotopic (exact) mass is 768 g/mol. The van der Waals surface area contributed by atoms with Crippen molar-refractivity contribution in [2.24, 2.45) is 0 Å². The van der Waals surface area contributed by atoms with Gasteiger partial charge in [-0.3, -0.25) is 13.9 Å². The Morgan fingerprint density at radius 3 is 2.70 bits per heavy atom. The first-order valence-corrected chi connectivity index (χ1v) is 17.2. The molecule has 0 spiro atoms. The fraction of sp³-hybridized carbons (Fsp3) is 0.448. The van der Waals surface area contributed by atoms with Crippen LogP contribution in [0.1, 0.15) is 39.3 Å². The third-order valence-corrected chi connectivity index (χ3v) is 10.5. The molecular weight excluding hydrogens is 734 g/mol. The number of methoxy groups -OCH3 is 1. The number of imidazole rings is 1. The second-order valence-electron chi connectivity index (χ2n) is 11.4. The molecule has 2 aliphatic rings. The normalized spacial score (nSPS) is 25.2.